The van der Waals surface area contributed by atoms with Gasteiger partial charge in [-0.1, -0.05) is 36.4 Å². The van der Waals surface area contributed by atoms with Crippen LogP contribution in [-0.2, 0) is 9.59 Å². The SMILES string of the molecule is O=C(O)c1ccc(C2C(=O)C=C3C=NC=C4C=CC=CC43C2=O)cc1. The number of carboxylic acid groups (broad SMARTS) is 1. The van der Waals surface area contributed by atoms with Gasteiger partial charge in [0.1, 0.15) is 11.3 Å². The number of hydrogen-bond acceptors (Lipinski definition) is 4. The number of benzene rings is 1. The van der Waals surface area contributed by atoms with E-state index in [1.165, 1.54) is 30.3 Å². The number of aromatic carboxylic acids is 1. The Balaban J connectivity index is 1.84. The molecule has 122 valence electrons. The molecule has 25 heavy (non-hydrogen) atoms. The Morgan fingerprint density at radius 1 is 1.08 bits per heavy atom. The van der Waals surface area contributed by atoms with Gasteiger partial charge in [0, 0.05) is 12.4 Å². The molecule has 2 unspecified atom stereocenters. The summed E-state index contributed by atoms with van der Waals surface area (Å²) in [5.41, 5.74) is 0.905. The van der Waals surface area contributed by atoms with Crippen LogP contribution < -0.4 is 0 Å². The second-order valence-corrected chi connectivity index (χ2v) is 6.12. The Labute approximate surface area is 143 Å². The third-order valence-corrected chi connectivity index (χ3v) is 4.80. The first kappa shape index (κ1) is 15.2. The number of rotatable bonds is 2. The first-order valence-corrected chi connectivity index (χ1v) is 7.77. The Morgan fingerprint density at radius 2 is 1.84 bits per heavy atom. The van der Waals surface area contributed by atoms with Gasteiger partial charge in [-0.15, -0.1) is 0 Å². The molecular weight excluding hydrogens is 318 g/mol. The number of carboxylic acids is 1. The number of ketones is 2. The highest BCUT2D eigenvalue weighted by Gasteiger charge is 2.51. The Bertz CT molecular complexity index is 960. The van der Waals surface area contributed by atoms with Crippen molar-refractivity contribution in [2.45, 2.75) is 5.92 Å². The molecule has 0 fully saturated rings. The van der Waals surface area contributed by atoms with Crippen molar-refractivity contribution in [2.75, 3.05) is 0 Å². The summed E-state index contributed by atoms with van der Waals surface area (Å²) < 4.78 is 0. The fraction of sp³-hybridized carbons (Fsp3) is 0.100. The molecule has 1 aromatic rings. The van der Waals surface area contributed by atoms with E-state index in [1.807, 2.05) is 12.2 Å². The van der Waals surface area contributed by atoms with Gasteiger partial charge < -0.3 is 5.11 Å². The zero-order valence-corrected chi connectivity index (χ0v) is 13.0. The van der Waals surface area contributed by atoms with Crippen LogP contribution in [0.3, 0.4) is 0 Å². The van der Waals surface area contributed by atoms with E-state index in [0.29, 0.717) is 11.1 Å². The summed E-state index contributed by atoms with van der Waals surface area (Å²) in [6.07, 6.45) is 11.9. The summed E-state index contributed by atoms with van der Waals surface area (Å²) in [5.74, 6) is -2.57. The van der Waals surface area contributed by atoms with Gasteiger partial charge in [0.15, 0.2) is 11.6 Å². The number of aliphatic imine (C=N–C) groups is 1. The average molecular weight is 331 g/mol. The summed E-state index contributed by atoms with van der Waals surface area (Å²) in [4.78, 5) is 41.1. The van der Waals surface area contributed by atoms with Gasteiger partial charge in [0.25, 0.3) is 0 Å². The minimum absolute atomic E-state index is 0.111. The molecule has 5 nitrogen and oxygen atoms in total. The number of carbonyl (C=O) groups is 3. The summed E-state index contributed by atoms with van der Waals surface area (Å²) in [6.45, 7) is 0. The van der Waals surface area contributed by atoms with E-state index in [2.05, 4.69) is 4.99 Å². The molecular formula is C20H13NO4. The maximum atomic E-state index is 13.4. The van der Waals surface area contributed by atoms with Gasteiger partial charge in [-0.25, -0.2) is 4.79 Å². The topological polar surface area (TPSA) is 83.8 Å². The van der Waals surface area contributed by atoms with Crippen LogP contribution in [0.5, 0.6) is 0 Å². The number of allylic oxidation sites excluding steroid dienone is 7. The summed E-state index contributed by atoms with van der Waals surface area (Å²) in [6, 6.07) is 5.87. The van der Waals surface area contributed by atoms with Crippen molar-refractivity contribution >= 4 is 23.8 Å². The fourth-order valence-corrected chi connectivity index (χ4v) is 3.54. The highest BCUT2D eigenvalue weighted by Crippen LogP contribution is 2.48. The fourth-order valence-electron chi connectivity index (χ4n) is 3.54. The third-order valence-electron chi connectivity index (χ3n) is 4.80. The van der Waals surface area contributed by atoms with Gasteiger partial charge in [-0.2, -0.15) is 0 Å². The Kier molecular flexibility index (Phi) is 3.25. The van der Waals surface area contributed by atoms with Gasteiger partial charge in [0.2, 0.25) is 0 Å². The van der Waals surface area contributed by atoms with E-state index in [-0.39, 0.29) is 17.1 Å². The molecule has 3 aliphatic rings. The normalized spacial score (nSPS) is 26.6. The average Bonchev–Trinajstić information content (AvgIpc) is 2.62. The van der Waals surface area contributed by atoms with Crippen LogP contribution in [0.1, 0.15) is 21.8 Å². The van der Waals surface area contributed by atoms with Crippen LogP contribution in [-0.4, -0.2) is 28.9 Å². The lowest BCUT2D eigenvalue weighted by Gasteiger charge is -2.39. The maximum Gasteiger partial charge on any atom is 0.335 e. The lowest BCUT2D eigenvalue weighted by Crippen LogP contribution is -2.44. The molecule has 2 atom stereocenters. The minimum atomic E-state index is -1.05. The van der Waals surface area contributed by atoms with E-state index >= 15 is 0 Å². The van der Waals surface area contributed by atoms with Crippen molar-refractivity contribution in [1.82, 2.24) is 0 Å². The highest BCUT2D eigenvalue weighted by molar-refractivity contribution is 6.23. The molecule has 0 aromatic heterocycles. The second-order valence-electron chi connectivity index (χ2n) is 6.12. The number of carbonyl (C=O) groups excluding carboxylic acids is 2. The van der Waals surface area contributed by atoms with E-state index in [9.17, 15) is 14.4 Å². The van der Waals surface area contributed by atoms with Crippen molar-refractivity contribution in [3.05, 3.63) is 83.1 Å². The zero-order valence-electron chi connectivity index (χ0n) is 13.0. The molecule has 0 saturated heterocycles. The molecule has 1 heterocycles. The minimum Gasteiger partial charge on any atom is -0.478 e. The van der Waals surface area contributed by atoms with Gasteiger partial charge >= 0.3 is 5.97 Å². The first-order valence-electron chi connectivity index (χ1n) is 7.77. The molecule has 0 saturated carbocycles. The number of hydrogen-bond donors (Lipinski definition) is 1. The van der Waals surface area contributed by atoms with Crippen LogP contribution in [0.25, 0.3) is 0 Å². The Hall–Kier alpha value is -3.34. The smallest absolute Gasteiger partial charge is 0.335 e. The number of nitrogens with zero attached hydrogens (tertiary/aromatic N) is 1. The summed E-state index contributed by atoms with van der Waals surface area (Å²) in [5, 5.41) is 9.02. The molecule has 5 heteroatoms. The van der Waals surface area contributed by atoms with E-state index < -0.39 is 17.3 Å². The lowest BCUT2D eigenvalue weighted by molar-refractivity contribution is -0.131. The molecule has 1 spiro atoms. The molecule has 0 radical (unpaired) electrons. The van der Waals surface area contributed by atoms with E-state index in [4.69, 9.17) is 5.11 Å². The predicted octanol–water partition coefficient (Wildman–Crippen LogP) is 2.63. The standard InChI is InChI=1S/C20H13NO4/c22-16-9-15-11-21-10-14-3-1-2-8-20(14,15)18(23)17(16)12-4-6-13(7-5-12)19(24)25/h1-11,17H,(H,24,25). The largest absolute Gasteiger partial charge is 0.478 e. The lowest BCUT2D eigenvalue weighted by atomic mass is 9.60. The molecule has 0 bridgehead atoms. The molecule has 1 aliphatic heterocycles. The monoisotopic (exact) mass is 331 g/mol. The van der Waals surface area contributed by atoms with Crippen molar-refractivity contribution in [2.24, 2.45) is 10.4 Å². The summed E-state index contributed by atoms with van der Waals surface area (Å²) in [7, 11) is 0. The van der Waals surface area contributed by atoms with Crippen LogP contribution in [0.4, 0.5) is 0 Å². The predicted molar refractivity (Wildman–Crippen MR) is 91.5 cm³/mol. The summed E-state index contributed by atoms with van der Waals surface area (Å²) >= 11 is 0. The van der Waals surface area contributed by atoms with Crippen LogP contribution in [0, 0.1) is 5.41 Å². The maximum absolute atomic E-state index is 13.4. The van der Waals surface area contributed by atoms with Gasteiger partial charge in [-0.05, 0) is 34.9 Å². The zero-order chi connectivity index (χ0) is 17.6. The Morgan fingerprint density at radius 3 is 2.56 bits per heavy atom. The van der Waals surface area contributed by atoms with Gasteiger partial charge in [-0.3, -0.25) is 14.6 Å². The molecule has 2 aliphatic carbocycles. The van der Waals surface area contributed by atoms with Crippen molar-refractivity contribution < 1.29 is 19.5 Å². The van der Waals surface area contributed by atoms with Crippen molar-refractivity contribution in [3.63, 3.8) is 0 Å². The first-order chi connectivity index (χ1) is 12.0. The molecule has 0 amide bonds. The van der Waals surface area contributed by atoms with Crippen LogP contribution >= 0.6 is 0 Å². The van der Waals surface area contributed by atoms with E-state index in [0.717, 1.165) is 5.57 Å². The second kappa shape index (κ2) is 5.34. The van der Waals surface area contributed by atoms with Crippen molar-refractivity contribution in [3.8, 4) is 0 Å². The quantitative estimate of drug-likeness (QED) is 0.844. The molecule has 1 N–H and O–H groups in total. The molecule has 1 aromatic carbocycles. The molecule has 4 rings (SSSR count). The highest BCUT2D eigenvalue weighted by atomic mass is 16.4. The van der Waals surface area contributed by atoms with Gasteiger partial charge in [0.05, 0.1) is 5.56 Å². The van der Waals surface area contributed by atoms with Crippen LogP contribution in [0.2, 0.25) is 0 Å². The number of Topliss-reactive ketones (excluding diaryl/α,β-unsaturated/α-hetero) is 1. The van der Waals surface area contributed by atoms with Crippen LogP contribution in [0.15, 0.2) is 77.0 Å². The third kappa shape index (κ3) is 2.09. The van der Waals surface area contributed by atoms with E-state index in [1.54, 1.807) is 24.6 Å². The van der Waals surface area contributed by atoms with Crippen molar-refractivity contribution in [1.29, 1.82) is 0 Å².